The standard InChI is InChI=1S/C11H14N2O2S/c1-9(14)12-13-11(15)8-16-7-10-5-3-2-4-6-10/h2-6H,7-8H2,1H3,(H,12,14)(H,13,15). The van der Waals surface area contributed by atoms with E-state index in [1.54, 1.807) is 0 Å². The molecular formula is C11H14N2O2S. The summed E-state index contributed by atoms with van der Waals surface area (Å²) in [5, 5.41) is 0. The maximum atomic E-state index is 11.2. The number of rotatable bonds is 4. The molecule has 0 atom stereocenters. The van der Waals surface area contributed by atoms with Gasteiger partial charge in [0.15, 0.2) is 0 Å². The van der Waals surface area contributed by atoms with Crippen molar-refractivity contribution in [3.05, 3.63) is 35.9 Å². The minimum absolute atomic E-state index is 0.198. The topological polar surface area (TPSA) is 58.2 Å². The van der Waals surface area contributed by atoms with E-state index in [2.05, 4.69) is 10.9 Å². The van der Waals surface area contributed by atoms with Crippen LogP contribution in [0.4, 0.5) is 0 Å². The Labute approximate surface area is 98.8 Å². The Balaban J connectivity index is 2.16. The molecule has 0 heterocycles. The van der Waals surface area contributed by atoms with Crippen LogP contribution in [0.1, 0.15) is 12.5 Å². The third-order valence-corrected chi connectivity index (χ3v) is 2.73. The maximum Gasteiger partial charge on any atom is 0.248 e. The van der Waals surface area contributed by atoms with Gasteiger partial charge in [-0.3, -0.25) is 20.4 Å². The van der Waals surface area contributed by atoms with Gasteiger partial charge in [-0.2, -0.15) is 0 Å². The van der Waals surface area contributed by atoms with E-state index in [9.17, 15) is 9.59 Å². The number of hydrogen-bond acceptors (Lipinski definition) is 3. The van der Waals surface area contributed by atoms with Crippen LogP contribution in [-0.4, -0.2) is 17.6 Å². The molecule has 16 heavy (non-hydrogen) atoms. The number of hydrogen-bond donors (Lipinski definition) is 2. The van der Waals surface area contributed by atoms with Crippen LogP contribution >= 0.6 is 11.8 Å². The van der Waals surface area contributed by atoms with Crippen molar-refractivity contribution in [3.63, 3.8) is 0 Å². The van der Waals surface area contributed by atoms with Crippen LogP contribution in [0.5, 0.6) is 0 Å². The molecule has 2 amide bonds. The smallest absolute Gasteiger partial charge is 0.248 e. The first-order chi connectivity index (χ1) is 7.68. The molecule has 0 fully saturated rings. The van der Waals surface area contributed by atoms with Crippen LogP contribution in [0, 0.1) is 0 Å². The predicted molar refractivity (Wildman–Crippen MR) is 64.6 cm³/mol. The molecule has 0 bridgehead atoms. The Morgan fingerprint density at radius 3 is 2.50 bits per heavy atom. The zero-order chi connectivity index (χ0) is 11.8. The summed E-state index contributed by atoms with van der Waals surface area (Å²) in [5.41, 5.74) is 5.73. The summed E-state index contributed by atoms with van der Waals surface area (Å²) in [5.74, 6) is 0.640. The van der Waals surface area contributed by atoms with Gasteiger partial charge in [-0.25, -0.2) is 0 Å². The number of nitrogens with one attached hydrogen (secondary N) is 2. The molecule has 0 aromatic heterocycles. The molecule has 0 aliphatic heterocycles. The highest BCUT2D eigenvalue weighted by molar-refractivity contribution is 7.99. The molecule has 0 saturated carbocycles. The van der Waals surface area contributed by atoms with E-state index in [1.165, 1.54) is 24.2 Å². The molecule has 0 unspecified atom stereocenters. The van der Waals surface area contributed by atoms with Crippen LogP contribution in [0.2, 0.25) is 0 Å². The number of thioether (sulfide) groups is 1. The van der Waals surface area contributed by atoms with Crippen molar-refractivity contribution in [2.45, 2.75) is 12.7 Å². The number of carbonyl (C=O) groups excluding carboxylic acids is 2. The minimum atomic E-state index is -0.276. The Morgan fingerprint density at radius 1 is 1.19 bits per heavy atom. The fraction of sp³-hybridized carbons (Fsp3) is 0.273. The predicted octanol–water partition coefficient (Wildman–Crippen LogP) is 1.09. The van der Waals surface area contributed by atoms with Gasteiger partial charge < -0.3 is 0 Å². The summed E-state index contributed by atoms with van der Waals surface area (Å²) in [6.07, 6.45) is 0. The van der Waals surface area contributed by atoms with E-state index < -0.39 is 0 Å². The van der Waals surface area contributed by atoms with Crippen LogP contribution in [0.15, 0.2) is 30.3 Å². The van der Waals surface area contributed by atoms with E-state index >= 15 is 0 Å². The van der Waals surface area contributed by atoms with E-state index in [-0.39, 0.29) is 11.8 Å². The fourth-order valence-corrected chi connectivity index (χ4v) is 1.82. The monoisotopic (exact) mass is 238 g/mol. The lowest BCUT2D eigenvalue weighted by Crippen LogP contribution is -2.41. The fourth-order valence-electron chi connectivity index (χ4n) is 1.03. The third-order valence-electron chi connectivity index (χ3n) is 1.72. The second kappa shape index (κ2) is 6.90. The van der Waals surface area contributed by atoms with Gasteiger partial charge in [-0.05, 0) is 5.56 Å². The van der Waals surface area contributed by atoms with Crippen molar-refractivity contribution in [2.24, 2.45) is 0 Å². The Kier molecular flexibility index (Phi) is 5.42. The molecule has 2 N–H and O–H groups in total. The average Bonchev–Trinajstić information content (AvgIpc) is 2.28. The Morgan fingerprint density at radius 2 is 1.88 bits per heavy atom. The van der Waals surface area contributed by atoms with E-state index in [1.807, 2.05) is 30.3 Å². The molecule has 0 radical (unpaired) electrons. The lowest BCUT2D eigenvalue weighted by atomic mass is 10.2. The molecule has 5 heteroatoms. The highest BCUT2D eigenvalue weighted by Gasteiger charge is 2.01. The average molecular weight is 238 g/mol. The molecule has 0 aliphatic carbocycles. The highest BCUT2D eigenvalue weighted by Crippen LogP contribution is 2.10. The molecule has 0 aliphatic rings. The van der Waals surface area contributed by atoms with Gasteiger partial charge in [0.25, 0.3) is 0 Å². The van der Waals surface area contributed by atoms with Gasteiger partial charge in [0.2, 0.25) is 11.8 Å². The van der Waals surface area contributed by atoms with Crippen LogP contribution < -0.4 is 10.9 Å². The molecule has 1 aromatic rings. The largest absolute Gasteiger partial charge is 0.274 e. The highest BCUT2D eigenvalue weighted by atomic mass is 32.2. The summed E-state index contributed by atoms with van der Waals surface area (Å²) in [7, 11) is 0. The van der Waals surface area contributed by atoms with Crippen molar-refractivity contribution >= 4 is 23.6 Å². The first-order valence-electron chi connectivity index (χ1n) is 4.85. The first kappa shape index (κ1) is 12.6. The van der Waals surface area contributed by atoms with Crippen LogP contribution in [-0.2, 0) is 15.3 Å². The first-order valence-corrected chi connectivity index (χ1v) is 6.01. The van der Waals surface area contributed by atoms with Gasteiger partial charge in [-0.15, -0.1) is 11.8 Å². The van der Waals surface area contributed by atoms with E-state index in [0.29, 0.717) is 5.75 Å². The molecule has 1 rings (SSSR count). The van der Waals surface area contributed by atoms with Crippen molar-refractivity contribution in [3.8, 4) is 0 Å². The lowest BCUT2D eigenvalue weighted by Gasteiger charge is -2.04. The maximum absolute atomic E-state index is 11.2. The molecule has 86 valence electrons. The van der Waals surface area contributed by atoms with Gasteiger partial charge in [-0.1, -0.05) is 30.3 Å². The summed E-state index contributed by atoms with van der Waals surface area (Å²) in [6.45, 7) is 1.34. The number of benzene rings is 1. The number of carbonyl (C=O) groups is 2. The van der Waals surface area contributed by atoms with Crippen molar-refractivity contribution in [2.75, 3.05) is 5.75 Å². The molecule has 0 saturated heterocycles. The molecule has 4 nitrogen and oxygen atoms in total. The zero-order valence-electron chi connectivity index (χ0n) is 9.03. The number of hydrazine groups is 1. The summed E-state index contributed by atoms with van der Waals surface area (Å²) < 4.78 is 0. The molecule has 1 aromatic carbocycles. The molecular weight excluding hydrogens is 224 g/mol. The lowest BCUT2D eigenvalue weighted by molar-refractivity contribution is -0.126. The minimum Gasteiger partial charge on any atom is -0.274 e. The number of amides is 2. The van der Waals surface area contributed by atoms with Crippen LogP contribution in [0.25, 0.3) is 0 Å². The van der Waals surface area contributed by atoms with E-state index in [4.69, 9.17) is 0 Å². The van der Waals surface area contributed by atoms with Gasteiger partial charge in [0, 0.05) is 12.7 Å². The Bertz CT molecular complexity index is 354. The quantitative estimate of drug-likeness (QED) is 0.772. The second-order valence-corrected chi connectivity index (χ2v) is 4.19. The van der Waals surface area contributed by atoms with Crippen molar-refractivity contribution in [1.82, 2.24) is 10.9 Å². The van der Waals surface area contributed by atoms with Gasteiger partial charge >= 0.3 is 0 Å². The normalized spacial score (nSPS) is 9.56. The second-order valence-electron chi connectivity index (χ2n) is 3.21. The van der Waals surface area contributed by atoms with Gasteiger partial charge in [0.1, 0.15) is 0 Å². The summed E-state index contributed by atoms with van der Waals surface area (Å²) >= 11 is 1.50. The molecule has 0 spiro atoms. The Hall–Kier alpha value is -1.49. The van der Waals surface area contributed by atoms with E-state index in [0.717, 1.165) is 5.75 Å². The van der Waals surface area contributed by atoms with Crippen molar-refractivity contribution < 1.29 is 9.59 Å². The third kappa shape index (κ3) is 5.41. The van der Waals surface area contributed by atoms with Crippen LogP contribution in [0.3, 0.4) is 0 Å². The zero-order valence-corrected chi connectivity index (χ0v) is 9.84. The summed E-state index contributed by atoms with van der Waals surface area (Å²) in [4.78, 5) is 21.7. The SMILES string of the molecule is CC(=O)NNC(=O)CSCc1ccccc1. The van der Waals surface area contributed by atoms with Crippen molar-refractivity contribution in [1.29, 1.82) is 0 Å². The van der Waals surface area contributed by atoms with Gasteiger partial charge in [0.05, 0.1) is 5.75 Å². The summed E-state index contributed by atoms with van der Waals surface area (Å²) in [6, 6.07) is 9.91.